The summed E-state index contributed by atoms with van der Waals surface area (Å²) >= 11 is 0. The van der Waals surface area contributed by atoms with E-state index < -0.39 is 0 Å². The molecule has 0 unspecified atom stereocenters. The van der Waals surface area contributed by atoms with Crippen LogP contribution >= 0.6 is 0 Å². The highest BCUT2D eigenvalue weighted by atomic mass is 16.5. The van der Waals surface area contributed by atoms with Gasteiger partial charge in [-0.15, -0.1) is 0 Å². The van der Waals surface area contributed by atoms with E-state index in [0.29, 0.717) is 13.2 Å². The van der Waals surface area contributed by atoms with Crippen LogP contribution < -0.4 is 5.32 Å². The highest BCUT2D eigenvalue weighted by Crippen LogP contribution is 2.24. The van der Waals surface area contributed by atoms with Gasteiger partial charge in [-0.1, -0.05) is 19.9 Å². The van der Waals surface area contributed by atoms with Gasteiger partial charge in [0.1, 0.15) is 0 Å². The molecule has 1 aromatic carbocycles. The van der Waals surface area contributed by atoms with Gasteiger partial charge in [0.05, 0.1) is 6.61 Å². The lowest BCUT2D eigenvalue weighted by Gasteiger charge is -2.30. The van der Waals surface area contributed by atoms with Gasteiger partial charge >= 0.3 is 0 Å². The number of rotatable bonds is 7. The van der Waals surface area contributed by atoms with Crippen LogP contribution in [0.25, 0.3) is 0 Å². The van der Waals surface area contributed by atoms with Gasteiger partial charge in [0.2, 0.25) is 0 Å². The molecule has 2 rings (SSSR count). The van der Waals surface area contributed by atoms with Crippen LogP contribution in [-0.4, -0.2) is 43.7 Å². The zero-order chi connectivity index (χ0) is 15.2. The Kier molecular flexibility index (Phi) is 5.62. The predicted octanol–water partition coefficient (Wildman–Crippen LogP) is 2.93. The molecule has 0 aliphatic carbocycles. The van der Waals surface area contributed by atoms with Crippen molar-refractivity contribution in [2.45, 2.75) is 39.2 Å². The Morgan fingerprint density at radius 1 is 1.38 bits per heavy atom. The van der Waals surface area contributed by atoms with E-state index in [-0.39, 0.29) is 11.9 Å². The first-order chi connectivity index (χ1) is 10.2. The highest BCUT2D eigenvalue weighted by Gasteiger charge is 2.23. The molecule has 21 heavy (non-hydrogen) atoms. The molecule has 1 aromatic rings. The second-order valence-electron chi connectivity index (χ2n) is 5.51. The molecule has 0 atom stereocenters. The summed E-state index contributed by atoms with van der Waals surface area (Å²) in [6, 6.07) is 6.29. The maximum Gasteiger partial charge on any atom is 0.254 e. The zero-order valence-electron chi connectivity index (χ0n) is 13.3. The number of benzene rings is 1. The minimum atomic E-state index is 0.109. The highest BCUT2D eigenvalue weighted by molar-refractivity contribution is 5.95. The number of hydrogen-bond acceptors (Lipinski definition) is 3. The van der Waals surface area contributed by atoms with Gasteiger partial charge in [-0.05, 0) is 37.0 Å². The van der Waals surface area contributed by atoms with Gasteiger partial charge in [0.15, 0.2) is 0 Å². The Hall–Kier alpha value is -1.55. The molecule has 116 valence electrons. The Balaban J connectivity index is 2.20. The second-order valence-corrected chi connectivity index (χ2v) is 5.51. The first kappa shape index (κ1) is 15.8. The molecule has 1 aliphatic heterocycles. The molecule has 4 heteroatoms. The summed E-state index contributed by atoms with van der Waals surface area (Å²) in [5.74, 6) is 0.109. The molecule has 1 aliphatic rings. The van der Waals surface area contributed by atoms with Crippen LogP contribution in [0.4, 0.5) is 5.69 Å². The Bertz CT molecular complexity index is 484. The lowest BCUT2D eigenvalue weighted by molar-refractivity contribution is 0.0589. The van der Waals surface area contributed by atoms with Gasteiger partial charge in [-0.3, -0.25) is 4.79 Å². The molecule has 0 bridgehead atoms. The molecule has 0 aromatic heterocycles. The number of nitrogens with zero attached hydrogens (tertiary/aromatic N) is 1. The third kappa shape index (κ3) is 3.56. The Morgan fingerprint density at radius 3 is 2.81 bits per heavy atom. The summed E-state index contributed by atoms with van der Waals surface area (Å²) in [6.45, 7) is 6.45. The number of nitrogens with one attached hydrogen (secondary N) is 1. The summed E-state index contributed by atoms with van der Waals surface area (Å²) in [7, 11) is 1.68. The molecule has 0 saturated carbocycles. The fraction of sp³-hybridized carbons (Fsp3) is 0.588. The van der Waals surface area contributed by atoms with Crippen molar-refractivity contribution in [1.82, 2.24) is 4.90 Å². The van der Waals surface area contributed by atoms with Crippen LogP contribution in [0.5, 0.6) is 0 Å². The summed E-state index contributed by atoms with van der Waals surface area (Å²) in [5, 5.41) is 3.34. The molecule has 0 saturated heterocycles. The number of anilines is 1. The molecular weight excluding hydrogens is 264 g/mol. The van der Waals surface area contributed by atoms with Crippen LogP contribution in [0.15, 0.2) is 18.2 Å². The molecule has 4 nitrogen and oxygen atoms in total. The van der Waals surface area contributed by atoms with Crippen LogP contribution in [-0.2, 0) is 11.2 Å². The maximum atomic E-state index is 12.9. The van der Waals surface area contributed by atoms with Crippen molar-refractivity contribution in [3.05, 3.63) is 29.3 Å². The van der Waals surface area contributed by atoms with E-state index in [1.807, 2.05) is 17.0 Å². The van der Waals surface area contributed by atoms with Crippen LogP contribution in [0.2, 0.25) is 0 Å². The minimum absolute atomic E-state index is 0.109. The lowest BCUT2D eigenvalue weighted by atomic mass is 10.1. The quantitative estimate of drug-likeness (QED) is 0.839. The Labute approximate surface area is 127 Å². The normalized spacial score (nSPS) is 13.1. The van der Waals surface area contributed by atoms with E-state index in [9.17, 15) is 4.79 Å². The van der Waals surface area contributed by atoms with E-state index in [1.54, 1.807) is 7.11 Å². The topological polar surface area (TPSA) is 41.6 Å². The number of ether oxygens (including phenoxy) is 1. The number of fused-ring (bicyclic) bond motifs is 1. The largest absolute Gasteiger partial charge is 0.384 e. The number of methoxy groups -OCH3 is 1. The average Bonchev–Trinajstić information content (AvgIpc) is 2.98. The van der Waals surface area contributed by atoms with Crippen molar-refractivity contribution in [3.63, 3.8) is 0 Å². The zero-order valence-corrected chi connectivity index (χ0v) is 13.3. The summed E-state index contributed by atoms with van der Waals surface area (Å²) < 4.78 is 5.17. The van der Waals surface area contributed by atoms with Gasteiger partial charge in [0.25, 0.3) is 5.91 Å². The van der Waals surface area contributed by atoms with E-state index in [4.69, 9.17) is 4.74 Å². The van der Waals surface area contributed by atoms with Crippen LogP contribution in [0.3, 0.4) is 0 Å². The van der Waals surface area contributed by atoms with Crippen LogP contribution in [0.1, 0.15) is 42.6 Å². The van der Waals surface area contributed by atoms with E-state index in [2.05, 4.69) is 25.2 Å². The molecule has 0 spiro atoms. The molecule has 1 heterocycles. The van der Waals surface area contributed by atoms with Crippen molar-refractivity contribution in [1.29, 1.82) is 0 Å². The van der Waals surface area contributed by atoms with Crippen molar-refractivity contribution in [3.8, 4) is 0 Å². The summed E-state index contributed by atoms with van der Waals surface area (Å²) in [4.78, 5) is 14.8. The average molecular weight is 290 g/mol. The number of carbonyl (C=O) groups excluding carboxylic acids is 1. The fourth-order valence-electron chi connectivity index (χ4n) is 2.96. The molecule has 0 radical (unpaired) electrons. The number of hydrogen-bond donors (Lipinski definition) is 1. The predicted molar refractivity (Wildman–Crippen MR) is 85.9 cm³/mol. The standard InChI is InChI=1S/C17H26N2O2/c1-4-15(5-2)19(10-11-21-3)17(20)14-7-6-13-8-9-18-16(13)12-14/h6-7,12,15,18H,4-5,8-11H2,1-3H3. The van der Waals surface area contributed by atoms with Crippen molar-refractivity contribution < 1.29 is 9.53 Å². The van der Waals surface area contributed by atoms with Crippen molar-refractivity contribution in [2.24, 2.45) is 0 Å². The van der Waals surface area contributed by atoms with E-state index >= 15 is 0 Å². The summed E-state index contributed by atoms with van der Waals surface area (Å²) in [6.07, 6.45) is 2.98. The first-order valence-corrected chi connectivity index (χ1v) is 7.87. The fourth-order valence-corrected chi connectivity index (χ4v) is 2.96. The number of amides is 1. The molecule has 0 fully saturated rings. The van der Waals surface area contributed by atoms with Gasteiger partial charge < -0.3 is 15.0 Å². The van der Waals surface area contributed by atoms with Gasteiger partial charge in [-0.25, -0.2) is 0 Å². The SMILES string of the molecule is CCC(CC)N(CCOC)C(=O)c1ccc2c(c1)NCC2. The van der Waals surface area contributed by atoms with Crippen molar-refractivity contribution >= 4 is 11.6 Å². The Morgan fingerprint density at radius 2 is 2.14 bits per heavy atom. The number of carbonyl (C=O) groups is 1. The lowest BCUT2D eigenvalue weighted by Crippen LogP contribution is -2.41. The molecule has 1 amide bonds. The van der Waals surface area contributed by atoms with Crippen LogP contribution in [0, 0.1) is 0 Å². The van der Waals surface area contributed by atoms with Crippen molar-refractivity contribution in [2.75, 3.05) is 32.1 Å². The van der Waals surface area contributed by atoms with Gasteiger partial charge in [-0.2, -0.15) is 0 Å². The second kappa shape index (κ2) is 7.46. The van der Waals surface area contributed by atoms with E-state index in [0.717, 1.165) is 37.1 Å². The first-order valence-electron chi connectivity index (χ1n) is 7.87. The summed E-state index contributed by atoms with van der Waals surface area (Å²) in [5.41, 5.74) is 3.18. The third-order valence-electron chi connectivity index (χ3n) is 4.25. The maximum absolute atomic E-state index is 12.9. The van der Waals surface area contributed by atoms with Gasteiger partial charge in [0, 0.05) is 37.5 Å². The molecule has 1 N–H and O–H groups in total. The minimum Gasteiger partial charge on any atom is -0.384 e. The smallest absolute Gasteiger partial charge is 0.254 e. The molecular formula is C17H26N2O2. The monoisotopic (exact) mass is 290 g/mol. The van der Waals surface area contributed by atoms with E-state index in [1.165, 1.54) is 5.56 Å². The third-order valence-corrected chi connectivity index (χ3v) is 4.25.